The number of hydrogen-bond donors (Lipinski definition) is 1. The molecule has 1 heterocycles. The maximum Gasteiger partial charge on any atom is 0.326 e. The van der Waals surface area contributed by atoms with Crippen molar-refractivity contribution in [2.45, 2.75) is 30.2 Å². The normalized spacial score (nSPS) is 18.7. The van der Waals surface area contributed by atoms with E-state index in [2.05, 4.69) is 0 Å². The van der Waals surface area contributed by atoms with Gasteiger partial charge in [0.1, 0.15) is 6.04 Å². The van der Waals surface area contributed by atoms with Crippen LogP contribution in [0.5, 0.6) is 0 Å². The number of carboxylic acids is 1. The highest BCUT2D eigenvalue weighted by Gasteiger charge is 2.34. The Kier molecular flexibility index (Phi) is 4.62. The van der Waals surface area contributed by atoms with Crippen LogP contribution in [-0.4, -0.2) is 48.6 Å². The Morgan fingerprint density at radius 1 is 1.24 bits per heavy atom. The van der Waals surface area contributed by atoms with Crippen molar-refractivity contribution < 1.29 is 23.1 Å². The summed E-state index contributed by atoms with van der Waals surface area (Å²) < 4.78 is 24.2. The molecule has 7 heteroatoms. The number of carboxylic acid groups (broad SMARTS) is 1. The lowest BCUT2D eigenvalue weighted by atomic mass is 10.2. The molecule has 0 spiro atoms. The molecular formula is C14H17NO5S. The van der Waals surface area contributed by atoms with Gasteiger partial charge in [-0.1, -0.05) is 18.2 Å². The predicted molar refractivity (Wildman–Crippen MR) is 75.5 cm³/mol. The van der Waals surface area contributed by atoms with Gasteiger partial charge in [0.25, 0.3) is 0 Å². The Morgan fingerprint density at radius 3 is 2.52 bits per heavy atom. The van der Waals surface area contributed by atoms with E-state index >= 15 is 0 Å². The van der Waals surface area contributed by atoms with Crippen LogP contribution >= 0.6 is 0 Å². The minimum absolute atomic E-state index is 0.175. The minimum Gasteiger partial charge on any atom is -0.480 e. The molecule has 1 aromatic carbocycles. The second-order valence-corrected chi connectivity index (χ2v) is 7.07. The molecule has 0 bridgehead atoms. The highest BCUT2D eigenvalue weighted by molar-refractivity contribution is 7.91. The summed E-state index contributed by atoms with van der Waals surface area (Å²) in [6, 6.07) is 7.10. The summed E-state index contributed by atoms with van der Waals surface area (Å²) in [7, 11) is -3.52. The molecule has 1 fully saturated rings. The van der Waals surface area contributed by atoms with Crippen molar-refractivity contribution in [3.05, 3.63) is 30.3 Å². The lowest BCUT2D eigenvalue weighted by Crippen LogP contribution is -2.40. The highest BCUT2D eigenvalue weighted by Crippen LogP contribution is 2.19. The fourth-order valence-electron chi connectivity index (χ4n) is 2.43. The molecule has 6 nitrogen and oxygen atoms in total. The number of carbonyl (C=O) groups excluding carboxylic acids is 1. The summed E-state index contributed by atoms with van der Waals surface area (Å²) in [5.74, 6) is -1.76. The first kappa shape index (κ1) is 15.5. The molecule has 1 aromatic rings. The van der Waals surface area contributed by atoms with Gasteiger partial charge in [0, 0.05) is 13.0 Å². The lowest BCUT2D eigenvalue weighted by molar-refractivity contribution is -0.148. The van der Waals surface area contributed by atoms with Crippen molar-refractivity contribution in [2.75, 3.05) is 12.3 Å². The molecule has 1 aliphatic heterocycles. The first-order chi connectivity index (χ1) is 9.92. The van der Waals surface area contributed by atoms with Crippen LogP contribution in [0.2, 0.25) is 0 Å². The van der Waals surface area contributed by atoms with Crippen LogP contribution in [0.4, 0.5) is 0 Å². The van der Waals surface area contributed by atoms with Crippen molar-refractivity contribution in [2.24, 2.45) is 0 Å². The summed E-state index contributed by atoms with van der Waals surface area (Å²) in [6.45, 7) is 0.376. The molecule has 1 atom stereocenters. The minimum atomic E-state index is -3.52. The van der Waals surface area contributed by atoms with Gasteiger partial charge in [0.05, 0.1) is 10.6 Å². The van der Waals surface area contributed by atoms with Gasteiger partial charge < -0.3 is 10.0 Å². The predicted octanol–water partition coefficient (Wildman–Crippen LogP) is 0.926. The van der Waals surface area contributed by atoms with Crippen molar-refractivity contribution in [3.8, 4) is 0 Å². The number of rotatable bonds is 5. The molecule has 0 aliphatic carbocycles. The fourth-order valence-corrected chi connectivity index (χ4v) is 3.68. The number of likely N-dealkylation sites (tertiary alicyclic amines) is 1. The second kappa shape index (κ2) is 6.26. The third-order valence-electron chi connectivity index (χ3n) is 3.55. The van der Waals surface area contributed by atoms with Crippen LogP contribution in [-0.2, 0) is 19.4 Å². The zero-order valence-electron chi connectivity index (χ0n) is 11.4. The molecule has 0 saturated carbocycles. The van der Waals surface area contributed by atoms with Crippen LogP contribution in [0.15, 0.2) is 35.2 Å². The van der Waals surface area contributed by atoms with Crippen LogP contribution in [0, 0.1) is 0 Å². The van der Waals surface area contributed by atoms with E-state index < -0.39 is 27.8 Å². The molecule has 0 aromatic heterocycles. The molecule has 21 heavy (non-hydrogen) atoms. The smallest absolute Gasteiger partial charge is 0.326 e. The molecule has 0 unspecified atom stereocenters. The summed E-state index contributed by atoms with van der Waals surface area (Å²) in [5.41, 5.74) is 0. The van der Waals surface area contributed by atoms with Crippen LogP contribution in [0.3, 0.4) is 0 Å². The summed E-state index contributed by atoms with van der Waals surface area (Å²) in [6.07, 6.45) is 0.863. The number of benzene rings is 1. The first-order valence-corrected chi connectivity index (χ1v) is 8.37. The average Bonchev–Trinajstić information content (AvgIpc) is 2.95. The van der Waals surface area contributed by atoms with E-state index in [0.29, 0.717) is 19.4 Å². The van der Waals surface area contributed by atoms with E-state index in [0.717, 1.165) is 0 Å². The number of aliphatic carboxylic acids is 1. The SMILES string of the molecule is O=C(O)[C@@H]1CCCN1C(=O)CCS(=O)(=O)c1ccccc1. The van der Waals surface area contributed by atoms with Gasteiger partial charge in [-0.15, -0.1) is 0 Å². The number of carbonyl (C=O) groups is 2. The van der Waals surface area contributed by atoms with Gasteiger partial charge >= 0.3 is 5.97 Å². The molecule has 0 radical (unpaired) electrons. The van der Waals surface area contributed by atoms with Gasteiger partial charge in [0.2, 0.25) is 5.91 Å². The van der Waals surface area contributed by atoms with Crippen LogP contribution in [0.1, 0.15) is 19.3 Å². The van der Waals surface area contributed by atoms with Crippen molar-refractivity contribution in [3.63, 3.8) is 0 Å². The zero-order valence-corrected chi connectivity index (χ0v) is 12.3. The Hall–Kier alpha value is -1.89. The van der Waals surface area contributed by atoms with Gasteiger partial charge in [-0.2, -0.15) is 0 Å². The summed E-state index contributed by atoms with van der Waals surface area (Å²) in [5, 5.41) is 9.03. The van der Waals surface area contributed by atoms with E-state index in [9.17, 15) is 18.0 Å². The Morgan fingerprint density at radius 2 is 1.90 bits per heavy atom. The molecule has 1 aliphatic rings. The molecule has 1 N–H and O–H groups in total. The van der Waals surface area contributed by atoms with Crippen molar-refractivity contribution in [1.82, 2.24) is 4.90 Å². The summed E-state index contributed by atoms with van der Waals surface area (Å²) in [4.78, 5) is 24.5. The molecule has 114 valence electrons. The number of nitrogens with zero attached hydrogens (tertiary/aromatic N) is 1. The Labute approximate surface area is 123 Å². The largest absolute Gasteiger partial charge is 0.480 e. The fraction of sp³-hybridized carbons (Fsp3) is 0.429. The maximum absolute atomic E-state index is 12.1. The monoisotopic (exact) mass is 311 g/mol. The highest BCUT2D eigenvalue weighted by atomic mass is 32.2. The Bertz CT molecular complexity index is 626. The van der Waals surface area contributed by atoms with E-state index in [1.807, 2.05) is 0 Å². The van der Waals surface area contributed by atoms with Gasteiger partial charge in [0.15, 0.2) is 9.84 Å². The molecule has 2 rings (SSSR count). The number of sulfone groups is 1. The van der Waals surface area contributed by atoms with Gasteiger partial charge in [-0.3, -0.25) is 4.79 Å². The molecule has 1 saturated heterocycles. The molecular weight excluding hydrogens is 294 g/mol. The van der Waals surface area contributed by atoms with E-state index in [4.69, 9.17) is 5.11 Å². The third kappa shape index (κ3) is 3.60. The maximum atomic E-state index is 12.1. The van der Waals surface area contributed by atoms with E-state index in [1.54, 1.807) is 18.2 Å². The quantitative estimate of drug-likeness (QED) is 0.873. The van der Waals surface area contributed by atoms with E-state index in [-0.39, 0.29) is 17.1 Å². The zero-order chi connectivity index (χ0) is 15.5. The standard InChI is InChI=1S/C14H17NO5S/c16-13(15-9-4-7-12(15)14(17)18)8-10-21(19,20)11-5-2-1-3-6-11/h1-3,5-6,12H,4,7-10H2,(H,17,18)/t12-/m0/s1. The molecule has 1 amide bonds. The van der Waals surface area contributed by atoms with Crippen LogP contribution < -0.4 is 0 Å². The lowest BCUT2D eigenvalue weighted by Gasteiger charge is -2.21. The first-order valence-electron chi connectivity index (χ1n) is 6.72. The van der Waals surface area contributed by atoms with Gasteiger partial charge in [-0.25, -0.2) is 13.2 Å². The van der Waals surface area contributed by atoms with Crippen molar-refractivity contribution >= 4 is 21.7 Å². The topological polar surface area (TPSA) is 91.8 Å². The second-order valence-electron chi connectivity index (χ2n) is 4.97. The van der Waals surface area contributed by atoms with Crippen molar-refractivity contribution in [1.29, 1.82) is 0 Å². The average molecular weight is 311 g/mol. The van der Waals surface area contributed by atoms with Gasteiger partial charge in [-0.05, 0) is 25.0 Å². The van der Waals surface area contributed by atoms with E-state index in [1.165, 1.54) is 17.0 Å². The van der Waals surface area contributed by atoms with Crippen LogP contribution in [0.25, 0.3) is 0 Å². The number of amides is 1. The Balaban J connectivity index is 2.00. The third-order valence-corrected chi connectivity index (χ3v) is 5.28. The summed E-state index contributed by atoms with van der Waals surface area (Å²) >= 11 is 0. The number of hydrogen-bond acceptors (Lipinski definition) is 4.